The molecule has 3 saturated carbocycles. The Labute approximate surface area is 172 Å². The molecule has 0 bridgehead atoms. The van der Waals surface area contributed by atoms with Crippen LogP contribution in [0, 0.1) is 28.6 Å². The van der Waals surface area contributed by atoms with Crippen molar-refractivity contribution in [3.8, 4) is 0 Å². The number of esters is 1. The average Bonchev–Trinajstić information content (AvgIpc) is 2.90. The molecule has 0 heterocycles. The molecule has 0 aromatic rings. The summed E-state index contributed by atoms with van der Waals surface area (Å²) in [5.74, 6) is 2.33. The summed E-state index contributed by atoms with van der Waals surface area (Å²) in [7, 11) is 0. The molecule has 0 spiro atoms. The first-order chi connectivity index (χ1) is 12.7. The number of hydrogen-bond donors (Lipinski definition) is 1. The van der Waals surface area contributed by atoms with Gasteiger partial charge >= 0.3 is 5.97 Å². The van der Waals surface area contributed by atoms with E-state index < -0.39 is 0 Å². The zero-order valence-electron chi connectivity index (χ0n) is 17.4. The number of allylic oxidation sites excluding steroid dienone is 2. The minimum Gasteiger partial charge on any atom is -0.458 e. The van der Waals surface area contributed by atoms with Crippen molar-refractivity contribution in [3.05, 3.63) is 23.8 Å². The molecule has 0 amide bonds. The maximum atomic E-state index is 12.0. The zero-order valence-corrected chi connectivity index (χ0v) is 17.4. The first kappa shape index (κ1) is 21.6. The Kier molecular flexibility index (Phi) is 5.89. The molecule has 28 heavy (non-hydrogen) atoms. The van der Waals surface area contributed by atoms with Gasteiger partial charge in [0, 0.05) is 6.04 Å². The molecule has 7 atom stereocenters. The highest BCUT2D eigenvalue weighted by atomic mass is 16.5. The van der Waals surface area contributed by atoms with E-state index in [9.17, 15) is 4.79 Å². The van der Waals surface area contributed by atoms with Crippen LogP contribution in [0.1, 0.15) is 86.0 Å². The van der Waals surface area contributed by atoms with Crippen molar-refractivity contribution in [3.63, 3.8) is 0 Å². The van der Waals surface area contributed by atoms with Gasteiger partial charge in [-0.25, -0.2) is 0 Å². The molecule has 0 saturated heterocycles. The van der Waals surface area contributed by atoms with Crippen molar-refractivity contribution < 1.29 is 9.53 Å². The normalized spacial score (nSPS) is 43.0. The van der Waals surface area contributed by atoms with Gasteiger partial charge in [-0.1, -0.05) is 39.0 Å². The van der Waals surface area contributed by atoms with Crippen molar-refractivity contribution >= 4 is 5.97 Å². The second-order valence-electron chi connectivity index (χ2n) is 10.4. The van der Waals surface area contributed by atoms with Crippen LogP contribution in [-0.4, -0.2) is 18.1 Å². The minimum atomic E-state index is -0.151. The van der Waals surface area contributed by atoms with E-state index >= 15 is 0 Å². The summed E-state index contributed by atoms with van der Waals surface area (Å²) in [6, 6.07) is -0.132. The molecule has 4 aliphatic carbocycles. The molecular weight excluding hydrogens is 346 g/mol. The van der Waals surface area contributed by atoms with Gasteiger partial charge in [0.05, 0.1) is 6.42 Å². The highest BCUT2D eigenvalue weighted by Gasteiger charge is 2.57. The van der Waals surface area contributed by atoms with E-state index in [1.165, 1.54) is 44.1 Å². The molecule has 0 aliphatic heterocycles. The first-order valence-electron chi connectivity index (χ1n) is 11.1. The van der Waals surface area contributed by atoms with Crippen LogP contribution in [0.5, 0.6) is 0 Å². The predicted molar refractivity (Wildman–Crippen MR) is 116 cm³/mol. The van der Waals surface area contributed by atoms with Crippen LogP contribution < -0.4 is 5.73 Å². The molecule has 0 radical (unpaired) electrons. The third-order valence-corrected chi connectivity index (χ3v) is 8.80. The molecule has 3 fully saturated rings. The van der Waals surface area contributed by atoms with Gasteiger partial charge in [0.25, 0.3) is 0 Å². The van der Waals surface area contributed by atoms with Gasteiger partial charge in [-0.15, -0.1) is 0 Å². The molecular formula is C25H41NO2. The summed E-state index contributed by atoms with van der Waals surface area (Å²) in [5.41, 5.74) is 9.52. The van der Waals surface area contributed by atoms with Crippen molar-refractivity contribution in [2.75, 3.05) is 0 Å². The van der Waals surface area contributed by atoms with Gasteiger partial charge in [0.2, 0.25) is 0 Å². The summed E-state index contributed by atoms with van der Waals surface area (Å²) < 4.78 is 5.72. The van der Waals surface area contributed by atoms with Gasteiger partial charge in [0.15, 0.2) is 0 Å². The third kappa shape index (κ3) is 3.38. The molecule has 4 aliphatic rings. The largest absolute Gasteiger partial charge is 0.458 e. The van der Waals surface area contributed by atoms with Crippen LogP contribution >= 0.6 is 0 Å². The topological polar surface area (TPSA) is 52.3 Å². The number of rotatable bonds is 3. The average molecular weight is 388 g/mol. The van der Waals surface area contributed by atoms with E-state index in [1.54, 1.807) is 5.57 Å². The Morgan fingerprint density at radius 2 is 1.86 bits per heavy atom. The quantitative estimate of drug-likeness (QED) is 0.492. The lowest BCUT2D eigenvalue weighted by Crippen LogP contribution is -2.50. The van der Waals surface area contributed by atoms with Gasteiger partial charge in [-0.3, -0.25) is 4.79 Å². The summed E-state index contributed by atoms with van der Waals surface area (Å²) in [4.78, 5) is 12.0. The number of fused-ring (bicyclic) bond motifs is 5. The second-order valence-corrected chi connectivity index (χ2v) is 10.4. The fraction of sp³-hybridized carbons (Fsp3) is 0.800. The monoisotopic (exact) mass is 387 g/mol. The van der Waals surface area contributed by atoms with Gasteiger partial charge in [0.1, 0.15) is 6.10 Å². The van der Waals surface area contributed by atoms with Crippen LogP contribution in [0.4, 0.5) is 0 Å². The molecule has 2 N–H and O–H groups in total. The number of hydrogen-bond acceptors (Lipinski definition) is 3. The standard InChI is InChI=1S/C24H37NO2.CH4/c1-15-5-8-20-19-7-6-17-14-18(27-22(26)13-16(2)25)9-11-24(17,4)21(19)10-12-23(15,20)3;/h14,16,18-21H,1,5-13,25H2,2-4H3;1H4/t16?,18-,19?,20?,21?,23+,24-;/m0./s1. The molecule has 0 aromatic carbocycles. The van der Waals surface area contributed by atoms with E-state index in [0.717, 1.165) is 30.6 Å². The molecule has 0 aromatic heterocycles. The lowest BCUT2D eigenvalue weighted by Gasteiger charge is -2.58. The maximum absolute atomic E-state index is 12.0. The van der Waals surface area contributed by atoms with E-state index in [2.05, 4.69) is 26.5 Å². The molecule has 158 valence electrons. The highest BCUT2D eigenvalue weighted by Crippen LogP contribution is 2.66. The number of carbonyl (C=O) groups excluding carboxylic acids is 1. The van der Waals surface area contributed by atoms with Gasteiger partial charge in [-0.05, 0) is 93.0 Å². The lowest BCUT2D eigenvalue weighted by atomic mass is 9.47. The van der Waals surface area contributed by atoms with Gasteiger partial charge < -0.3 is 10.5 Å². The Morgan fingerprint density at radius 1 is 1.18 bits per heavy atom. The number of ether oxygens (including phenoxy) is 1. The van der Waals surface area contributed by atoms with Crippen molar-refractivity contribution in [2.45, 2.75) is 98.1 Å². The van der Waals surface area contributed by atoms with Crippen molar-refractivity contribution in [1.82, 2.24) is 0 Å². The Morgan fingerprint density at radius 3 is 2.57 bits per heavy atom. The Bertz CT molecular complexity index is 665. The SMILES string of the molecule is C.C=C1CCC2C3CCC4=C[C@@H](OC(=O)CC(C)N)CC[C@]4(C)C3CC[C@]12C. The fourth-order valence-electron chi connectivity index (χ4n) is 7.18. The lowest BCUT2D eigenvalue weighted by molar-refractivity contribution is -0.148. The van der Waals surface area contributed by atoms with Gasteiger partial charge in [-0.2, -0.15) is 0 Å². The second kappa shape index (κ2) is 7.63. The third-order valence-electron chi connectivity index (χ3n) is 8.80. The predicted octanol–water partition coefficient (Wildman–Crippen LogP) is 5.79. The Balaban J connectivity index is 0.00000225. The number of nitrogens with two attached hydrogens (primary N) is 1. The number of carbonyl (C=O) groups is 1. The van der Waals surface area contributed by atoms with Crippen LogP contribution in [0.25, 0.3) is 0 Å². The van der Waals surface area contributed by atoms with E-state index in [1.807, 2.05) is 6.92 Å². The minimum absolute atomic E-state index is 0. The van der Waals surface area contributed by atoms with Crippen LogP contribution in [0.3, 0.4) is 0 Å². The van der Waals surface area contributed by atoms with E-state index in [-0.39, 0.29) is 25.5 Å². The summed E-state index contributed by atoms with van der Waals surface area (Å²) in [5, 5.41) is 0. The zero-order chi connectivity index (χ0) is 19.4. The van der Waals surface area contributed by atoms with Crippen molar-refractivity contribution in [1.29, 1.82) is 0 Å². The summed E-state index contributed by atoms with van der Waals surface area (Å²) >= 11 is 0. The van der Waals surface area contributed by atoms with Crippen LogP contribution in [0.2, 0.25) is 0 Å². The smallest absolute Gasteiger partial charge is 0.307 e. The fourth-order valence-corrected chi connectivity index (χ4v) is 7.18. The van der Waals surface area contributed by atoms with Crippen molar-refractivity contribution in [2.24, 2.45) is 34.3 Å². The molecule has 3 heteroatoms. The van der Waals surface area contributed by atoms with Crippen LogP contribution in [0.15, 0.2) is 23.8 Å². The first-order valence-corrected chi connectivity index (χ1v) is 11.1. The molecule has 4 unspecified atom stereocenters. The van der Waals surface area contributed by atoms with Crippen LogP contribution in [-0.2, 0) is 9.53 Å². The summed E-state index contributed by atoms with van der Waals surface area (Å²) in [6.45, 7) is 11.3. The maximum Gasteiger partial charge on any atom is 0.307 e. The molecule has 3 nitrogen and oxygen atoms in total. The highest BCUT2D eigenvalue weighted by molar-refractivity contribution is 5.70. The molecule has 4 rings (SSSR count). The Hall–Kier alpha value is -1.09. The summed E-state index contributed by atoms with van der Waals surface area (Å²) in [6.07, 6.45) is 12.4. The van der Waals surface area contributed by atoms with E-state index in [4.69, 9.17) is 10.5 Å². The van der Waals surface area contributed by atoms with E-state index in [0.29, 0.717) is 17.3 Å².